The fourth-order valence-corrected chi connectivity index (χ4v) is 7.97. The van der Waals surface area contributed by atoms with Gasteiger partial charge < -0.3 is 16.4 Å². The number of rotatable bonds is 18. The number of nitrogens with two attached hydrogens (primary N) is 2. The van der Waals surface area contributed by atoms with Crippen molar-refractivity contribution in [1.82, 2.24) is 4.90 Å². The molecule has 0 saturated heterocycles. The predicted octanol–water partition coefficient (Wildman–Crippen LogP) is 43.4. The molecular weight excluding hydrogens is 1540 g/mol. The van der Waals surface area contributed by atoms with Crippen molar-refractivity contribution in [2.45, 2.75) is 644 Å². The van der Waals surface area contributed by atoms with Gasteiger partial charge in [0.25, 0.3) is 0 Å². The van der Waals surface area contributed by atoms with Crippen LogP contribution in [-0.2, 0) is 14.4 Å². The first-order chi connectivity index (χ1) is 55.2. The first kappa shape index (κ1) is 165. The number of primary amides is 2. The van der Waals surface area contributed by atoms with Crippen LogP contribution in [0.15, 0.2) is 0 Å². The largest absolute Gasteiger partial charge is 0.370 e. The van der Waals surface area contributed by atoms with E-state index in [0.717, 1.165) is 44.1 Å². The zero-order valence-corrected chi connectivity index (χ0v) is 104. The highest BCUT2D eigenvalue weighted by Crippen LogP contribution is 2.30. The highest BCUT2D eigenvalue weighted by Gasteiger charge is 2.23. The molecule has 0 radical (unpaired) electrons. The number of ketones is 1. The Morgan fingerprint density at radius 1 is 0.252 bits per heavy atom. The lowest BCUT2D eigenvalue weighted by molar-refractivity contribution is -0.123. The lowest BCUT2D eigenvalue weighted by atomic mass is 9.82. The highest BCUT2D eigenvalue weighted by atomic mass is 16.1. The number of nitrogens with zero attached hydrogens (tertiary/aromatic N) is 1. The lowest BCUT2D eigenvalue weighted by Gasteiger charge is -2.23. The van der Waals surface area contributed by atoms with Crippen LogP contribution in [0.25, 0.3) is 0 Å². The van der Waals surface area contributed by atoms with E-state index in [2.05, 4.69) is 483 Å². The second-order valence-corrected chi connectivity index (χ2v) is 58.1. The van der Waals surface area contributed by atoms with Gasteiger partial charge in [0.15, 0.2) is 0 Å². The molecular formula is C121H273N3O3. The van der Waals surface area contributed by atoms with Gasteiger partial charge in [-0.3, -0.25) is 14.4 Å². The van der Waals surface area contributed by atoms with Crippen molar-refractivity contribution in [3.63, 3.8) is 0 Å². The zero-order chi connectivity index (χ0) is 107. The molecule has 0 aromatic carbocycles. The summed E-state index contributed by atoms with van der Waals surface area (Å²) in [6, 6.07) is 0. The average Bonchev–Trinajstić information content (AvgIpc) is 0.908. The number of amides is 2. The van der Waals surface area contributed by atoms with Gasteiger partial charge in [0.2, 0.25) is 11.8 Å². The average molecular weight is 1820 g/mol. The van der Waals surface area contributed by atoms with Gasteiger partial charge in [0.05, 0.1) is 0 Å². The van der Waals surface area contributed by atoms with Crippen LogP contribution in [0.5, 0.6) is 0 Å². The van der Waals surface area contributed by atoms with Crippen molar-refractivity contribution in [3.8, 4) is 0 Å². The first-order valence-electron chi connectivity index (χ1n) is 52.9. The van der Waals surface area contributed by atoms with Crippen LogP contribution in [0, 0.1) is 110 Å². The molecule has 0 fully saturated rings. The van der Waals surface area contributed by atoms with Crippen molar-refractivity contribution in [3.05, 3.63) is 0 Å². The zero-order valence-electron chi connectivity index (χ0n) is 104. The summed E-state index contributed by atoms with van der Waals surface area (Å²) in [4.78, 5) is 34.3. The Balaban J connectivity index is -0.0000000677. The number of carbonyl (C=O) groups excluding carboxylic acids is 3. The fraction of sp³-hybridized carbons (Fsp3) is 0.975. The Bertz CT molecular complexity index is 2020. The molecule has 0 aromatic heterocycles. The summed E-state index contributed by atoms with van der Waals surface area (Å²) < 4.78 is 0. The maximum atomic E-state index is 11.0. The summed E-state index contributed by atoms with van der Waals surface area (Å²) in [6.07, 6.45) is 32.1. The number of unbranched alkanes of at least 4 members (excludes halogenated alkanes) is 3. The normalized spacial score (nSPS) is 12.3. The van der Waals surface area contributed by atoms with Crippen LogP contribution in [0.3, 0.4) is 0 Å². The molecule has 0 saturated carbocycles. The Morgan fingerprint density at radius 2 is 0.441 bits per heavy atom. The Kier molecular flexibility index (Phi) is 111. The second-order valence-electron chi connectivity index (χ2n) is 58.1. The number of hydrogen-bond acceptors (Lipinski definition) is 4. The van der Waals surface area contributed by atoms with Gasteiger partial charge in [-0.1, -0.05) is 567 Å². The number of Topliss-reactive ketones (excluding diaryl/α,β-unsaturated/α-hetero) is 1. The van der Waals surface area contributed by atoms with Gasteiger partial charge >= 0.3 is 0 Å². The van der Waals surface area contributed by atoms with Crippen LogP contribution in [0.4, 0.5) is 0 Å². The maximum Gasteiger partial charge on any atom is 0.220 e. The Labute approximate surface area is 818 Å². The van der Waals surface area contributed by atoms with Crippen molar-refractivity contribution in [1.29, 1.82) is 0 Å². The fourth-order valence-electron chi connectivity index (χ4n) is 7.97. The van der Waals surface area contributed by atoms with Gasteiger partial charge in [0, 0.05) is 31.7 Å². The molecule has 1 atom stereocenters. The Hall–Kier alpha value is -1.43. The third kappa shape index (κ3) is 274. The van der Waals surface area contributed by atoms with Crippen molar-refractivity contribution >= 4 is 17.6 Å². The summed E-state index contributed by atoms with van der Waals surface area (Å²) in [7, 11) is 4.20. The molecule has 790 valence electrons. The third-order valence-electron chi connectivity index (χ3n) is 20.5. The number of hydrogen-bond donors (Lipinski definition) is 2. The molecule has 127 heavy (non-hydrogen) atoms. The molecule has 6 nitrogen and oxygen atoms in total. The second kappa shape index (κ2) is 85.0. The predicted molar refractivity (Wildman–Crippen MR) is 604 cm³/mol. The molecule has 4 N–H and O–H groups in total. The molecule has 0 spiro atoms. The van der Waals surface area contributed by atoms with Crippen LogP contribution in [-0.4, -0.2) is 43.1 Å². The molecule has 0 heterocycles. The smallest absolute Gasteiger partial charge is 0.220 e. The van der Waals surface area contributed by atoms with E-state index in [4.69, 9.17) is 11.5 Å². The number of carbonyl (C=O) groups is 3. The van der Waals surface area contributed by atoms with Crippen LogP contribution in [0.2, 0.25) is 0 Å². The summed E-state index contributed by atoms with van der Waals surface area (Å²) in [5.74, 6) is 1.68. The van der Waals surface area contributed by atoms with Gasteiger partial charge in [-0.15, -0.1) is 0 Å². The minimum atomic E-state index is -0.204. The molecule has 2 amide bonds. The minimum Gasteiger partial charge on any atom is -0.370 e. The summed E-state index contributed by atoms with van der Waals surface area (Å²) >= 11 is 0. The molecule has 0 aromatic rings. The molecule has 0 bridgehead atoms. The summed E-state index contributed by atoms with van der Waals surface area (Å²) in [5.41, 5.74) is 18.3. The molecule has 1 unspecified atom stereocenters. The molecule has 0 aliphatic carbocycles. The quantitative estimate of drug-likeness (QED) is 0.143. The molecule has 0 rings (SSSR count). The van der Waals surface area contributed by atoms with E-state index in [9.17, 15) is 14.4 Å². The van der Waals surface area contributed by atoms with Crippen LogP contribution in [0.1, 0.15) is 644 Å². The monoisotopic (exact) mass is 1820 g/mol. The SMILES string of the molecule is CC(C)(C)CCC(N)=O.CC(C)C(C)(C)C.CC(C)C(C)(C)C.CCC(=O)CC(C)(C)C.CCC(C)(C)C.CCC(C)(C)C.CCC(C)(C)C.CCC(C)(C)C.CCC(C)(C)C.CCCC(C)(C)C.CCCC(C)(C)C.CCCC(C)(C)C.CCCC(CC(C)(C)C)C(N)=O.CCCCC(C)(C)C.CCCCC(C)(C)C.CCCCC(C)(C)C.CN(C)CC(C)(C)C. The van der Waals surface area contributed by atoms with Gasteiger partial charge in [-0.05, 0) is 176 Å². The summed E-state index contributed by atoms with van der Waals surface area (Å²) in [6.45, 7) is 153. The van der Waals surface area contributed by atoms with Crippen LogP contribution < -0.4 is 11.5 Å². The summed E-state index contributed by atoms with van der Waals surface area (Å²) in [5, 5.41) is 0. The van der Waals surface area contributed by atoms with Gasteiger partial charge in [-0.25, -0.2) is 0 Å². The van der Waals surface area contributed by atoms with Gasteiger partial charge in [0.1, 0.15) is 5.78 Å². The van der Waals surface area contributed by atoms with Gasteiger partial charge in [-0.2, -0.15) is 0 Å². The van der Waals surface area contributed by atoms with E-state index >= 15 is 0 Å². The van der Waals surface area contributed by atoms with E-state index in [0.29, 0.717) is 101 Å². The maximum absolute atomic E-state index is 11.0. The van der Waals surface area contributed by atoms with E-state index in [-0.39, 0.29) is 34.0 Å². The van der Waals surface area contributed by atoms with Crippen LogP contribution >= 0.6 is 0 Å². The first-order valence-corrected chi connectivity index (χ1v) is 52.9. The lowest BCUT2D eigenvalue weighted by Crippen LogP contribution is -2.27. The molecule has 0 aliphatic heterocycles. The van der Waals surface area contributed by atoms with Crippen molar-refractivity contribution in [2.75, 3.05) is 20.6 Å². The topological polar surface area (TPSA) is 106 Å². The Morgan fingerprint density at radius 3 is 0.488 bits per heavy atom. The minimum absolute atomic E-state index is 0.0648. The van der Waals surface area contributed by atoms with E-state index < -0.39 is 0 Å². The van der Waals surface area contributed by atoms with E-state index in [1.54, 1.807) is 0 Å². The van der Waals surface area contributed by atoms with Crippen molar-refractivity contribution < 1.29 is 14.4 Å². The third-order valence-corrected chi connectivity index (χ3v) is 20.5. The highest BCUT2D eigenvalue weighted by molar-refractivity contribution is 5.78. The molecule has 0 aliphatic rings. The van der Waals surface area contributed by atoms with E-state index in [1.165, 1.54) is 128 Å². The van der Waals surface area contributed by atoms with E-state index in [1.807, 2.05) is 6.92 Å². The van der Waals surface area contributed by atoms with Crippen molar-refractivity contribution in [2.24, 2.45) is 121 Å². The molecule has 6 heteroatoms. The standard InChI is InChI=1S/C10H21NO.C8H16O.3C8H18.C7H15NO.C7H17N.5C7H16.5C6H14/c1-5-6-8(9(11)12)7-10(2,3)4;1-5-7(9)6-8(2,3)4;3*1-5-6-7-8(2,3)4;1-7(2,3)5-4-6(8)9;1-7(2,3)6-8(4)5;2*1-6(2)7(3,4)5;3*1-5-6-7(2,3)4;5*1-5-6(2,3)4/h8H,5-7H2,1-4H3,(H2,11,12);5-6H2,1-4H3;3*5-7H2,1-4H3;4-5H2,1-3H3,(H2,8,9);6H2,1-5H3;2*6H,1-5H3;3*5-6H2,1-4H3;5*5H2,1-4H3.